The van der Waals surface area contributed by atoms with Crippen molar-refractivity contribution in [1.82, 2.24) is 19.6 Å². The number of aromatic nitrogens is 2. The zero-order valence-corrected chi connectivity index (χ0v) is 16.4. The maximum Gasteiger partial charge on any atom is 0.257 e. The second kappa shape index (κ2) is 7.35. The minimum Gasteiger partial charge on any atom is -0.335 e. The number of rotatable bonds is 2. The summed E-state index contributed by atoms with van der Waals surface area (Å²) in [5.41, 5.74) is 2.50. The maximum absolute atomic E-state index is 13.0. The van der Waals surface area contributed by atoms with Gasteiger partial charge in [0, 0.05) is 38.3 Å². The highest BCUT2D eigenvalue weighted by atomic mass is 16.2. The van der Waals surface area contributed by atoms with Crippen LogP contribution in [0, 0.1) is 0 Å². The minimum absolute atomic E-state index is 0.0331. The Labute approximate surface area is 169 Å². The molecular formula is C23H24N4O2. The summed E-state index contributed by atoms with van der Waals surface area (Å²) in [5, 5.41) is 6.58. The number of nitrogens with zero attached hydrogens (tertiary/aromatic N) is 4. The summed E-state index contributed by atoms with van der Waals surface area (Å²) in [6.07, 6.45) is 4.87. The zero-order chi connectivity index (χ0) is 19.8. The average molecular weight is 388 g/mol. The van der Waals surface area contributed by atoms with E-state index in [9.17, 15) is 9.59 Å². The van der Waals surface area contributed by atoms with Gasteiger partial charge in [0.2, 0.25) is 0 Å². The topological polar surface area (TPSA) is 58.4 Å². The Morgan fingerprint density at radius 2 is 1.52 bits per heavy atom. The van der Waals surface area contributed by atoms with Crippen molar-refractivity contribution in [2.24, 2.45) is 0 Å². The molecule has 0 radical (unpaired) electrons. The Morgan fingerprint density at radius 3 is 2.31 bits per heavy atom. The molecule has 3 heterocycles. The fourth-order valence-electron chi connectivity index (χ4n) is 4.39. The monoisotopic (exact) mass is 388 g/mol. The highest BCUT2D eigenvalue weighted by Gasteiger charge is 2.28. The Morgan fingerprint density at radius 1 is 0.793 bits per heavy atom. The molecule has 2 aliphatic rings. The van der Waals surface area contributed by atoms with Crippen LogP contribution in [0.25, 0.3) is 10.8 Å². The Bertz CT molecular complexity index is 1080. The van der Waals surface area contributed by atoms with Crippen LogP contribution in [0.3, 0.4) is 0 Å². The smallest absolute Gasteiger partial charge is 0.257 e. The van der Waals surface area contributed by atoms with Crippen molar-refractivity contribution < 1.29 is 9.59 Å². The lowest BCUT2D eigenvalue weighted by molar-refractivity contribution is 0.0534. The van der Waals surface area contributed by atoms with Crippen LogP contribution in [0.2, 0.25) is 0 Å². The fourth-order valence-corrected chi connectivity index (χ4v) is 4.39. The van der Waals surface area contributed by atoms with Gasteiger partial charge >= 0.3 is 0 Å². The number of aryl methyl sites for hydroxylation is 1. The molecule has 0 saturated carbocycles. The van der Waals surface area contributed by atoms with E-state index in [0.717, 1.165) is 47.8 Å². The first kappa shape index (κ1) is 17.9. The Balaban J connectivity index is 1.26. The van der Waals surface area contributed by atoms with Crippen LogP contribution >= 0.6 is 0 Å². The predicted molar refractivity (Wildman–Crippen MR) is 111 cm³/mol. The van der Waals surface area contributed by atoms with Crippen molar-refractivity contribution in [2.75, 3.05) is 26.2 Å². The van der Waals surface area contributed by atoms with Gasteiger partial charge in [0.05, 0.1) is 17.5 Å². The molecule has 29 heavy (non-hydrogen) atoms. The molecule has 6 heteroatoms. The predicted octanol–water partition coefficient (Wildman–Crippen LogP) is 2.97. The molecule has 0 N–H and O–H groups in total. The third kappa shape index (κ3) is 3.28. The van der Waals surface area contributed by atoms with Gasteiger partial charge in [0.15, 0.2) is 0 Å². The van der Waals surface area contributed by atoms with E-state index in [1.165, 1.54) is 0 Å². The molecule has 2 amide bonds. The van der Waals surface area contributed by atoms with Crippen LogP contribution in [0.5, 0.6) is 0 Å². The van der Waals surface area contributed by atoms with Crippen molar-refractivity contribution >= 4 is 22.6 Å². The number of amides is 2. The van der Waals surface area contributed by atoms with E-state index < -0.39 is 0 Å². The lowest BCUT2D eigenvalue weighted by Gasteiger charge is -2.35. The molecule has 1 aromatic heterocycles. The van der Waals surface area contributed by atoms with Gasteiger partial charge in [-0.2, -0.15) is 5.10 Å². The molecule has 0 aliphatic carbocycles. The number of fused-ring (bicyclic) bond motifs is 2. The first-order chi connectivity index (χ1) is 14.2. The number of benzene rings is 2. The lowest BCUT2D eigenvalue weighted by atomic mass is 10.1. The summed E-state index contributed by atoms with van der Waals surface area (Å²) in [6.45, 7) is 3.13. The summed E-state index contributed by atoms with van der Waals surface area (Å²) in [5.74, 6) is 0.0803. The molecule has 2 aliphatic heterocycles. The molecule has 3 aromatic rings. The summed E-state index contributed by atoms with van der Waals surface area (Å²) in [7, 11) is 0. The standard InChI is InChI=1S/C23H24N4O2/c28-22(19-9-8-17-5-1-2-6-18(17)15-19)25-11-13-26(14-12-25)23(29)20-16-24-27-10-4-3-7-21(20)27/h1-2,5-6,8-9,15-16H,3-4,7,10-14H2. The summed E-state index contributed by atoms with van der Waals surface area (Å²) >= 11 is 0. The van der Waals surface area contributed by atoms with Gasteiger partial charge in [0.25, 0.3) is 11.8 Å². The average Bonchev–Trinajstić information content (AvgIpc) is 3.22. The quantitative estimate of drug-likeness (QED) is 0.678. The number of hydrogen-bond donors (Lipinski definition) is 0. The van der Waals surface area contributed by atoms with Crippen LogP contribution in [-0.2, 0) is 13.0 Å². The molecule has 1 saturated heterocycles. The van der Waals surface area contributed by atoms with Crippen LogP contribution in [0.1, 0.15) is 39.3 Å². The number of carbonyl (C=O) groups is 2. The van der Waals surface area contributed by atoms with Crippen molar-refractivity contribution in [3.05, 3.63) is 65.5 Å². The van der Waals surface area contributed by atoms with Gasteiger partial charge < -0.3 is 9.80 Å². The van der Waals surface area contributed by atoms with Gasteiger partial charge in [-0.15, -0.1) is 0 Å². The third-order valence-corrected chi connectivity index (χ3v) is 6.06. The van der Waals surface area contributed by atoms with Crippen LogP contribution in [-0.4, -0.2) is 57.6 Å². The van der Waals surface area contributed by atoms with Gasteiger partial charge in [-0.1, -0.05) is 30.3 Å². The SMILES string of the molecule is O=C(c1ccc2ccccc2c1)N1CCN(C(=O)c2cnn3c2CCCC3)CC1. The molecule has 0 spiro atoms. The molecule has 5 rings (SSSR count). The highest BCUT2D eigenvalue weighted by Crippen LogP contribution is 2.21. The van der Waals surface area contributed by atoms with Crippen molar-refractivity contribution in [2.45, 2.75) is 25.8 Å². The molecule has 0 unspecified atom stereocenters. The molecule has 1 fully saturated rings. The molecule has 2 aromatic carbocycles. The first-order valence-electron chi connectivity index (χ1n) is 10.3. The molecule has 0 atom stereocenters. The summed E-state index contributed by atoms with van der Waals surface area (Å²) < 4.78 is 1.97. The largest absolute Gasteiger partial charge is 0.335 e. The lowest BCUT2D eigenvalue weighted by Crippen LogP contribution is -2.50. The normalized spacial score (nSPS) is 16.7. The second-order valence-corrected chi connectivity index (χ2v) is 7.83. The van der Waals surface area contributed by atoms with Gasteiger partial charge in [-0.3, -0.25) is 14.3 Å². The van der Waals surface area contributed by atoms with E-state index in [1.807, 2.05) is 56.9 Å². The van der Waals surface area contributed by atoms with Gasteiger partial charge in [0.1, 0.15) is 0 Å². The Hall–Kier alpha value is -3.15. The second-order valence-electron chi connectivity index (χ2n) is 7.83. The van der Waals surface area contributed by atoms with E-state index in [1.54, 1.807) is 6.20 Å². The van der Waals surface area contributed by atoms with E-state index >= 15 is 0 Å². The van der Waals surface area contributed by atoms with Crippen LogP contribution < -0.4 is 0 Å². The van der Waals surface area contributed by atoms with Crippen molar-refractivity contribution in [1.29, 1.82) is 0 Å². The first-order valence-corrected chi connectivity index (χ1v) is 10.3. The van der Waals surface area contributed by atoms with Crippen LogP contribution in [0.4, 0.5) is 0 Å². The van der Waals surface area contributed by atoms with E-state index in [-0.39, 0.29) is 11.8 Å². The van der Waals surface area contributed by atoms with E-state index in [4.69, 9.17) is 0 Å². The Kier molecular flexibility index (Phi) is 4.54. The molecule has 0 bridgehead atoms. The number of carbonyl (C=O) groups excluding carboxylic acids is 2. The molecular weight excluding hydrogens is 364 g/mol. The highest BCUT2D eigenvalue weighted by molar-refractivity contribution is 5.99. The number of piperazine rings is 1. The minimum atomic E-state index is 0.0331. The van der Waals surface area contributed by atoms with E-state index in [0.29, 0.717) is 31.7 Å². The maximum atomic E-state index is 13.0. The van der Waals surface area contributed by atoms with Crippen molar-refractivity contribution in [3.8, 4) is 0 Å². The molecule has 6 nitrogen and oxygen atoms in total. The summed E-state index contributed by atoms with van der Waals surface area (Å²) in [4.78, 5) is 29.7. The molecule has 148 valence electrons. The number of hydrogen-bond acceptors (Lipinski definition) is 3. The third-order valence-electron chi connectivity index (χ3n) is 6.06. The van der Waals surface area contributed by atoms with Crippen LogP contribution in [0.15, 0.2) is 48.7 Å². The van der Waals surface area contributed by atoms with Gasteiger partial charge in [-0.05, 0) is 42.2 Å². The van der Waals surface area contributed by atoms with E-state index in [2.05, 4.69) is 5.10 Å². The van der Waals surface area contributed by atoms with Gasteiger partial charge in [-0.25, -0.2) is 0 Å². The zero-order valence-electron chi connectivity index (χ0n) is 16.4. The fraction of sp³-hybridized carbons (Fsp3) is 0.348. The summed E-state index contributed by atoms with van der Waals surface area (Å²) in [6, 6.07) is 13.9. The van der Waals surface area contributed by atoms with Crippen molar-refractivity contribution in [3.63, 3.8) is 0 Å².